The van der Waals surface area contributed by atoms with Crippen LogP contribution in [0.15, 0.2) is 67.0 Å². The van der Waals surface area contributed by atoms with Crippen LogP contribution in [0.1, 0.15) is 25.0 Å². The van der Waals surface area contributed by atoms with Gasteiger partial charge in [-0.15, -0.1) is 0 Å². The van der Waals surface area contributed by atoms with Crippen molar-refractivity contribution in [2.45, 2.75) is 19.4 Å². The van der Waals surface area contributed by atoms with Crippen LogP contribution < -0.4 is 0 Å². The van der Waals surface area contributed by atoms with Gasteiger partial charge in [0.15, 0.2) is 0 Å². The van der Waals surface area contributed by atoms with Crippen LogP contribution in [-0.2, 0) is 5.60 Å². The van der Waals surface area contributed by atoms with Gasteiger partial charge in [-0.1, -0.05) is 18.2 Å². The average molecular weight is 371 g/mol. The lowest BCUT2D eigenvalue weighted by Crippen LogP contribution is -2.15. The number of rotatable bonds is 3. The first-order valence-corrected chi connectivity index (χ1v) is 8.87. The molecule has 4 aromatic rings. The van der Waals surface area contributed by atoms with Gasteiger partial charge in [-0.2, -0.15) is 5.26 Å². The highest BCUT2D eigenvalue weighted by Crippen LogP contribution is 2.29. The van der Waals surface area contributed by atoms with Gasteiger partial charge in [-0.05, 0) is 67.4 Å². The fourth-order valence-electron chi connectivity index (χ4n) is 3.24. The maximum atomic E-state index is 14.5. The summed E-state index contributed by atoms with van der Waals surface area (Å²) in [5.74, 6) is -0.354. The van der Waals surface area contributed by atoms with Crippen LogP contribution in [0.5, 0.6) is 0 Å². The van der Waals surface area contributed by atoms with Gasteiger partial charge in [0.2, 0.25) is 0 Å². The monoisotopic (exact) mass is 371 g/mol. The van der Waals surface area contributed by atoms with Gasteiger partial charge in [0, 0.05) is 11.3 Å². The number of aliphatic hydroxyl groups is 1. The largest absolute Gasteiger partial charge is 0.386 e. The second-order valence-corrected chi connectivity index (χ2v) is 7.23. The van der Waals surface area contributed by atoms with E-state index in [1.54, 1.807) is 56.6 Å². The molecule has 1 N–H and O–H groups in total. The van der Waals surface area contributed by atoms with Gasteiger partial charge in [0.25, 0.3) is 0 Å². The highest BCUT2D eigenvalue weighted by molar-refractivity contribution is 5.79. The molecule has 138 valence electrons. The lowest BCUT2D eigenvalue weighted by atomic mass is 9.98. The molecule has 0 amide bonds. The van der Waals surface area contributed by atoms with Gasteiger partial charge in [-0.3, -0.25) is 4.57 Å². The van der Waals surface area contributed by atoms with E-state index in [4.69, 9.17) is 5.26 Å². The first-order chi connectivity index (χ1) is 13.4. The highest BCUT2D eigenvalue weighted by atomic mass is 19.1. The molecule has 0 unspecified atom stereocenters. The van der Waals surface area contributed by atoms with Crippen LogP contribution in [0.2, 0.25) is 0 Å². The minimum Gasteiger partial charge on any atom is -0.386 e. The number of halogens is 1. The van der Waals surface area contributed by atoms with Crippen LogP contribution in [0.25, 0.3) is 27.8 Å². The van der Waals surface area contributed by atoms with Crippen molar-refractivity contribution in [3.63, 3.8) is 0 Å². The zero-order chi connectivity index (χ0) is 19.9. The molecule has 0 fully saturated rings. The molecular weight excluding hydrogens is 353 g/mol. The third-order valence-electron chi connectivity index (χ3n) is 4.78. The summed E-state index contributed by atoms with van der Waals surface area (Å²) in [6.45, 7) is 3.46. The fraction of sp³-hybridized carbons (Fsp3) is 0.130. The lowest BCUT2D eigenvalue weighted by molar-refractivity contribution is 0.0787. The van der Waals surface area contributed by atoms with Gasteiger partial charge >= 0.3 is 0 Å². The van der Waals surface area contributed by atoms with Crippen LogP contribution in [0.4, 0.5) is 4.39 Å². The SMILES string of the molecule is CC(C)(O)c1ccc2c(c1)ncn2-c1ccc(F)c(-c2cccc(C#N)c2)c1. The topological polar surface area (TPSA) is 61.8 Å². The van der Waals surface area contributed by atoms with E-state index >= 15 is 0 Å². The van der Waals surface area contributed by atoms with E-state index in [0.717, 1.165) is 22.3 Å². The number of aromatic nitrogens is 2. The van der Waals surface area contributed by atoms with Gasteiger partial charge < -0.3 is 5.11 Å². The van der Waals surface area contributed by atoms with Crippen molar-refractivity contribution in [3.05, 3.63) is 83.9 Å². The predicted molar refractivity (Wildman–Crippen MR) is 106 cm³/mol. The number of nitrogens with zero attached hydrogens (tertiary/aromatic N) is 3. The molecule has 3 aromatic carbocycles. The third kappa shape index (κ3) is 3.15. The van der Waals surface area contributed by atoms with Crippen molar-refractivity contribution in [2.24, 2.45) is 0 Å². The predicted octanol–water partition coefficient (Wildman–Crippen LogP) is 4.93. The molecule has 0 radical (unpaired) electrons. The molecular formula is C23H18FN3O. The van der Waals surface area contributed by atoms with Crippen LogP contribution in [-0.4, -0.2) is 14.7 Å². The third-order valence-corrected chi connectivity index (χ3v) is 4.78. The molecule has 0 saturated heterocycles. The summed E-state index contributed by atoms with van der Waals surface area (Å²) in [4.78, 5) is 4.44. The molecule has 4 rings (SSSR count). The fourth-order valence-corrected chi connectivity index (χ4v) is 3.24. The Hall–Kier alpha value is -3.49. The number of fused-ring (bicyclic) bond motifs is 1. The van der Waals surface area contributed by atoms with Crippen LogP contribution in [0.3, 0.4) is 0 Å². The van der Waals surface area contributed by atoms with E-state index in [9.17, 15) is 9.50 Å². The van der Waals surface area contributed by atoms with Crippen molar-refractivity contribution < 1.29 is 9.50 Å². The summed E-state index contributed by atoms with van der Waals surface area (Å²) >= 11 is 0. The molecule has 0 atom stereocenters. The zero-order valence-electron chi connectivity index (χ0n) is 15.5. The number of hydrogen-bond acceptors (Lipinski definition) is 3. The first-order valence-electron chi connectivity index (χ1n) is 8.87. The zero-order valence-corrected chi connectivity index (χ0v) is 15.5. The average Bonchev–Trinajstić information content (AvgIpc) is 3.11. The van der Waals surface area contributed by atoms with E-state index in [0.29, 0.717) is 16.7 Å². The standard InChI is InChI=1S/C23H18FN3O/c1-23(2,28)17-6-9-22-21(11-17)26-14-27(22)18-7-8-20(24)19(12-18)16-5-3-4-15(10-16)13-25/h3-12,14,28H,1-2H3. The summed E-state index contributed by atoms with van der Waals surface area (Å²) in [6, 6.07) is 19.4. The van der Waals surface area contributed by atoms with Crippen molar-refractivity contribution in [1.29, 1.82) is 5.26 Å². The quantitative estimate of drug-likeness (QED) is 0.555. The van der Waals surface area contributed by atoms with Crippen molar-refractivity contribution in [1.82, 2.24) is 9.55 Å². The first kappa shape index (κ1) is 17.9. The summed E-state index contributed by atoms with van der Waals surface area (Å²) in [5, 5.41) is 19.3. The van der Waals surface area contributed by atoms with Gasteiger partial charge in [0.1, 0.15) is 12.1 Å². The van der Waals surface area contributed by atoms with Gasteiger partial charge in [0.05, 0.1) is 28.3 Å². The Kier molecular flexibility index (Phi) is 4.21. The van der Waals surface area contributed by atoms with Crippen LogP contribution >= 0.6 is 0 Å². The minimum atomic E-state index is -0.952. The molecule has 0 saturated carbocycles. The number of imidazole rings is 1. The van der Waals surface area contributed by atoms with Gasteiger partial charge in [-0.25, -0.2) is 9.37 Å². The van der Waals surface area contributed by atoms with Crippen molar-refractivity contribution >= 4 is 11.0 Å². The normalized spacial score (nSPS) is 11.5. The van der Waals surface area contributed by atoms with E-state index in [1.165, 1.54) is 6.07 Å². The van der Waals surface area contributed by atoms with E-state index in [1.807, 2.05) is 22.8 Å². The summed E-state index contributed by atoms with van der Waals surface area (Å²) in [7, 11) is 0. The molecule has 4 nitrogen and oxygen atoms in total. The molecule has 5 heteroatoms. The van der Waals surface area contributed by atoms with Crippen LogP contribution in [0, 0.1) is 17.1 Å². The van der Waals surface area contributed by atoms with E-state index < -0.39 is 5.60 Å². The molecule has 0 bridgehead atoms. The molecule has 1 heterocycles. The Labute approximate surface area is 162 Å². The molecule has 0 aliphatic heterocycles. The Morgan fingerprint density at radius 1 is 1.07 bits per heavy atom. The molecule has 28 heavy (non-hydrogen) atoms. The smallest absolute Gasteiger partial charge is 0.131 e. The second-order valence-electron chi connectivity index (χ2n) is 7.23. The number of benzene rings is 3. The number of hydrogen-bond donors (Lipinski definition) is 1. The second kappa shape index (κ2) is 6.59. The summed E-state index contributed by atoms with van der Waals surface area (Å²) < 4.78 is 16.4. The molecule has 0 aliphatic carbocycles. The van der Waals surface area contributed by atoms with E-state index in [2.05, 4.69) is 11.1 Å². The lowest BCUT2D eigenvalue weighted by Gasteiger charge is -2.17. The highest BCUT2D eigenvalue weighted by Gasteiger charge is 2.17. The Balaban J connectivity index is 1.83. The molecule has 0 spiro atoms. The van der Waals surface area contributed by atoms with Crippen molar-refractivity contribution in [3.8, 4) is 22.9 Å². The molecule has 1 aromatic heterocycles. The maximum Gasteiger partial charge on any atom is 0.131 e. The Morgan fingerprint density at radius 2 is 1.89 bits per heavy atom. The summed E-state index contributed by atoms with van der Waals surface area (Å²) in [5.41, 5.74) is 3.74. The summed E-state index contributed by atoms with van der Waals surface area (Å²) in [6.07, 6.45) is 1.68. The number of nitriles is 1. The van der Waals surface area contributed by atoms with E-state index in [-0.39, 0.29) is 5.82 Å². The van der Waals surface area contributed by atoms with Crippen molar-refractivity contribution in [2.75, 3.05) is 0 Å². The minimum absolute atomic E-state index is 0.354. The Morgan fingerprint density at radius 3 is 2.64 bits per heavy atom. The maximum absolute atomic E-state index is 14.5. The molecule has 0 aliphatic rings. The Bertz CT molecular complexity index is 1230.